The molecule has 0 aliphatic heterocycles. The number of aryl methyl sites for hydroxylation is 1. The summed E-state index contributed by atoms with van der Waals surface area (Å²) in [6, 6.07) is 1.98. The number of thiophene rings is 1. The van der Waals surface area contributed by atoms with Crippen molar-refractivity contribution in [3.8, 4) is 0 Å². The number of ether oxygens (including phenoxy) is 2. The van der Waals surface area contributed by atoms with Gasteiger partial charge in [-0.05, 0) is 37.8 Å². The lowest BCUT2D eigenvalue weighted by Crippen LogP contribution is -2.25. The lowest BCUT2D eigenvalue weighted by atomic mass is 10.2. The third-order valence-electron chi connectivity index (χ3n) is 2.09. The topological polar surface area (TPSA) is 38.7 Å². The van der Waals surface area contributed by atoms with Crippen LogP contribution in [0, 0.1) is 6.92 Å². The molecular formula is C11H18O3S. The van der Waals surface area contributed by atoms with Crippen molar-refractivity contribution in [2.45, 2.75) is 33.2 Å². The third-order valence-corrected chi connectivity index (χ3v) is 3.18. The van der Waals surface area contributed by atoms with Gasteiger partial charge in [-0.2, -0.15) is 0 Å². The molecule has 1 rings (SSSR count). The molecule has 0 radical (unpaired) electrons. The number of rotatable bonds is 6. The maximum Gasteiger partial charge on any atom is 0.188 e. The van der Waals surface area contributed by atoms with Gasteiger partial charge in [-0.15, -0.1) is 11.3 Å². The molecule has 0 aliphatic carbocycles. The van der Waals surface area contributed by atoms with Gasteiger partial charge < -0.3 is 14.6 Å². The predicted octanol–water partition coefficient (Wildman–Crippen LogP) is 2.49. The van der Waals surface area contributed by atoms with Crippen LogP contribution >= 0.6 is 11.3 Å². The van der Waals surface area contributed by atoms with Crippen molar-refractivity contribution in [1.29, 1.82) is 0 Å². The molecule has 1 heterocycles. The summed E-state index contributed by atoms with van der Waals surface area (Å²) in [6.07, 6.45) is -1.25. The second kappa shape index (κ2) is 6.23. The minimum atomic E-state index is -0.690. The van der Waals surface area contributed by atoms with Gasteiger partial charge in [0.05, 0.1) is 0 Å². The molecule has 0 saturated heterocycles. The second-order valence-electron chi connectivity index (χ2n) is 3.19. The number of hydrogen-bond donors (Lipinski definition) is 1. The summed E-state index contributed by atoms with van der Waals surface area (Å²) in [7, 11) is 0. The first-order chi connectivity index (χ1) is 7.20. The number of aliphatic hydroxyl groups excluding tert-OH is 1. The zero-order chi connectivity index (χ0) is 11.3. The van der Waals surface area contributed by atoms with Crippen LogP contribution in [-0.4, -0.2) is 24.6 Å². The van der Waals surface area contributed by atoms with Crippen LogP contribution in [0.25, 0.3) is 0 Å². The predicted molar refractivity (Wildman–Crippen MR) is 61.1 cm³/mol. The molecule has 0 amide bonds. The lowest BCUT2D eigenvalue weighted by molar-refractivity contribution is -0.190. The van der Waals surface area contributed by atoms with E-state index in [4.69, 9.17) is 9.47 Å². The maximum absolute atomic E-state index is 10.1. The van der Waals surface area contributed by atoms with Crippen molar-refractivity contribution in [3.05, 3.63) is 21.9 Å². The van der Waals surface area contributed by atoms with E-state index in [-0.39, 0.29) is 0 Å². The molecule has 1 aromatic rings. The first-order valence-electron chi connectivity index (χ1n) is 5.16. The molecule has 0 bridgehead atoms. The van der Waals surface area contributed by atoms with Gasteiger partial charge in [-0.1, -0.05) is 0 Å². The van der Waals surface area contributed by atoms with E-state index in [1.54, 1.807) is 0 Å². The molecule has 0 aromatic carbocycles. The Morgan fingerprint density at radius 3 is 2.33 bits per heavy atom. The van der Waals surface area contributed by atoms with Gasteiger partial charge in [-0.25, -0.2) is 0 Å². The van der Waals surface area contributed by atoms with E-state index >= 15 is 0 Å². The molecule has 3 nitrogen and oxygen atoms in total. The second-order valence-corrected chi connectivity index (χ2v) is 4.14. The van der Waals surface area contributed by atoms with Gasteiger partial charge in [0.15, 0.2) is 6.29 Å². The molecule has 86 valence electrons. The van der Waals surface area contributed by atoms with Crippen LogP contribution in [0.4, 0.5) is 0 Å². The largest absolute Gasteiger partial charge is 0.382 e. The Kier molecular flexibility index (Phi) is 5.25. The van der Waals surface area contributed by atoms with E-state index in [1.165, 1.54) is 11.3 Å². The lowest BCUT2D eigenvalue weighted by Gasteiger charge is -2.22. The maximum atomic E-state index is 10.1. The van der Waals surface area contributed by atoms with E-state index in [9.17, 15) is 5.11 Å². The highest BCUT2D eigenvalue weighted by Crippen LogP contribution is 2.28. The Morgan fingerprint density at radius 2 is 1.93 bits per heavy atom. The molecule has 4 heteroatoms. The normalized spacial score (nSPS) is 13.4. The van der Waals surface area contributed by atoms with Crippen molar-refractivity contribution in [1.82, 2.24) is 0 Å². The van der Waals surface area contributed by atoms with E-state index < -0.39 is 12.4 Å². The first kappa shape index (κ1) is 12.6. The van der Waals surface area contributed by atoms with Crippen LogP contribution in [0.3, 0.4) is 0 Å². The number of hydrogen-bond acceptors (Lipinski definition) is 4. The van der Waals surface area contributed by atoms with Gasteiger partial charge >= 0.3 is 0 Å². The highest BCUT2D eigenvalue weighted by molar-refractivity contribution is 7.10. The van der Waals surface area contributed by atoms with Crippen molar-refractivity contribution in [2.75, 3.05) is 13.2 Å². The van der Waals surface area contributed by atoms with Crippen molar-refractivity contribution < 1.29 is 14.6 Å². The average Bonchev–Trinajstić information content (AvgIpc) is 2.63. The van der Waals surface area contributed by atoms with Gasteiger partial charge in [-0.3, -0.25) is 0 Å². The third kappa shape index (κ3) is 3.28. The van der Waals surface area contributed by atoms with Gasteiger partial charge in [0.1, 0.15) is 6.10 Å². The van der Waals surface area contributed by atoms with E-state index in [0.29, 0.717) is 13.2 Å². The van der Waals surface area contributed by atoms with Gasteiger partial charge in [0.25, 0.3) is 0 Å². The molecule has 0 saturated carbocycles. The molecule has 1 atom stereocenters. The Bertz CT molecular complexity index is 279. The monoisotopic (exact) mass is 230 g/mol. The smallest absolute Gasteiger partial charge is 0.188 e. The van der Waals surface area contributed by atoms with Crippen molar-refractivity contribution >= 4 is 11.3 Å². The fourth-order valence-electron chi connectivity index (χ4n) is 1.37. The SMILES string of the molecule is CCOC(OCC)C(O)c1sccc1C. The van der Waals surface area contributed by atoms with Crippen LogP contribution in [0.5, 0.6) is 0 Å². The summed E-state index contributed by atoms with van der Waals surface area (Å²) in [4.78, 5) is 0.918. The van der Waals surface area contributed by atoms with Crippen molar-refractivity contribution in [3.63, 3.8) is 0 Å². The molecule has 1 N–H and O–H groups in total. The summed E-state index contributed by atoms with van der Waals surface area (Å²) in [5.74, 6) is 0. The van der Waals surface area contributed by atoms with Crippen LogP contribution in [0.15, 0.2) is 11.4 Å². The minimum Gasteiger partial charge on any atom is -0.382 e. The fraction of sp³-hybridized carbons (Fsp3) is 0.636. The standard InChI is InChI=1S/C11H18O3S/c1-4-13-11(14-5-2)9(12)10-8(3)6-7-15-10/h6-7,9,11-12H,4-5H2,1-3H3. The quantitative estimate of drug-likeness (QED) is 0.763. The molecule has 0 fully saturated rings. The van der Waals surface area contributed by atoms with Crippen molar-refractivity contribution in [2.24, 2.45) is 0 Å². The van der Waals surface area contributed by atoms with Gasteiger partial charge in [0, 0.05) is 18.1 Å². The average molecular weight is 230 g/mol. The minimum absolute atomic E-state index is 0.534. The van der Waals surface area contributed by atoms with Crippen LogP contribution in [0.1, 0.15) is 30.4 Å². The Hall–Kier alpha value is -0.420. The van der Waals surface area contributed by atoms with E-state index in [0.717, 1.165) is 10.4 Å². The highest BCUT2D eigenvalue weighted by Gasteiger charge is 2.23. The molecule has 0 aliphatic rings. The summed E-state index contributed by atoms with van der Waals surface area (Å²) in [5, 5.41) is 12.0. The number of aliphatic hydroxyl groups is 1. The highest BCUT2D eigenvalue weighted by atomic mass is 32.1. The zero-order valence-electron chi connectivity index (χ0n) is 9.40. The Morgan fingerprint density at radius 1 is 1.33 bits per heavy atom. The fourth-order valence-corrected chi connectivity index (χ4v) is 2.29. The Labute approximate surface area is 94.6 Å². The molecule has 1 aromatic heterocycles. The summed E-state index contributed by atoms with van der Waals surface area (Å²) < 4.78 is 10.7. The van der Waals surface area contributed by atoms with E-state index in [2.05, 4.69) is 0 Å². The van der Waals surface area contributed by atoms with E-state index in [1.807, 2.05) is 32.2 Å². The zero-order valence-corrected chi connectivity index (χ0v) is 10.2. The Balaban J connectivity index is 2.71. The molecule has 0 spiro atoms. The molecule has 15 heavy (non-hydrogen) atoms. The van der Waals surface area contributed by atoms with Gasteiger partial charge in [0.2, 0.25) is 0 Å². The van der Waals surface area contributed by atoms with Crippen LogP contribution < -0.4 is 0 Å². The first-order valence-corrected chi connectivity index (χ1v) is 6.03. The summed E-state index contributed by atoms with van der Waals surface area (Å²) in [5.41, 5.74) is 1.08. The van der Waals surface area contributed by atoms with Crippen LogP contribution in [-0.2, 0) is 9.47 Å². The summed E-state index contributed by atoms with van der Waals surface area (Å²) in [6.45, 7) is 6.82. The van der Waals surface area contributed by atoms with Crippen LogP contribution in [0.2, 0.25) is 0 Å². The molecular weight excluding hydrogens is 212 g/mol. The molecule has 1 unspecified atom stereocenters. The summed E-state index contributed by atoms with van der Waals surface area (Å²) >= 11 is 1.53.